The van der Waals surface area contributed by atoms with Crippen LogP contribution in [-0.4, -0.2) is 27.3 Å². The van der Waals surface area contributed by atoms with Crippen molar-refractivity contribution in [3.8, 4) is 0 Å². The quantitative estimate of drug-likeness (QED) is 0.944. The second-order valence-electron chi connectivity index (χ2n) is 6.19. The van der Waals surface area contributed by atoms with E-state index in [0.29, 0.717) is 0 Å². The zero-order valence-electron chi connectivity index (χ0n) is 13.7. The molecule has 23 heavy (non-hydrogen) atoms. The zero-order chi connectivity index (χ0) is 16.2. The molecule has 3 heterocycles. The van der Waals surface area contributed by atoms with Crippen LogP contribution in [0.3, 0.4) is 0 Å². The standard InChI is InChI=1S/C17H24N4O2/c1-13(14-11-18-20(2)12-14)19-17(22)21-9-5-3-4-7-15(21)16-8-6-10-23-16/h6,8,10-13,15H,3-5,7,9H2,1-2H3,(H,19,22)/t13-,15+/m0/s1. The van der Waals surface area contributed by atoms with Gasteiger partial charge in [-0.15, -0.1) is 0 Å². The van der Waals surface area contributed by atoms with Crippen LogP contribution >= 0.6 is 0 Å². The number of carbonyl (C=O) groups is 1. The highest BCUT2D eigenvalue weighted by atomic mass is 16.3. The molecule has 1 aliphatic heterocycles. The molecule has 0 radical (unpaired) electrons. The van der Waals surface area contributed by atoms with Gasteiger partial charge in [-0.05, 0) is 31.9 Å². The number of nitrogens with zero attached hydrogens (tertiary/aromatic N) is 3. The third kappa shape index (κ3) is 3.57. The van der Waals surface area contributed by atoms with Crippen LogP contribution in [0, 0.1) is 0 Å². The van der Waals surface area contributed by atoms with Crippen molar-refractivity contribution in [2.24, 2.45) is 7.05 Å². The number of furan rings is 1. The van der Waals surface area contributed by atoms with Crippen molar-refractivity contribution in [1.29, 1.82) is 0 Å². The van der Waals surface area contributed by atoms with E-state index in [2.05, 4.69) is 10.4 Å². The summed E-state index contributed by atoms with van der Waals surface area (Å²) in [4.78, 5) is 14.7. The summed E-state index contributed by atoms with van der Waals surface area (Å²) < 4.78 is 7.31. The molecule has 6 heteroatoms. The Morgan fingerprint density at radius 1 is 1.43 bits per heavy atom. The molecule has 0 aliphatic carbocycles. The van der Waals surface area contributed by atoms with Crippen LogP contribution in [0.4, 0.5) is 4.79 Å². The minimum atomic E-state index is -0.0725. The van der Waals surface area contributed by atoms with Crippen LogP contribution in [0.5, 0.6) is 0 Å². The SMILES string of the molecule is C[C@H](NC(=O)N1CCCCC[C@@H]1c1ccco1)c1cnn(C)c1. The average molecular weight is 316 g/mol. The fraction of sp³-hybridized carbons (Fsp3) is 0.529. The van der Waals surface area contributed by atoms with Crippen molar-refractivity contribution in [3.05, 3.63) is 42.1 Å². The van der Waals surface area contributed by atoms with E-state index < -0.39 is 0 Å². The van der Waals surface area contributed by atoms with Gasteiger partial charge in [0.25, 0.3) is 0 Å². The van der Waals surface area contributed by atoms with Crippen LogP contribution < -0.4 is 5.32 Å². The second-order valence-corrected chi connectivity index (χ2v) is 6.19. The summed E-state index contributed by atoms with van der Waals surface area (Å²) >= 11 is 0. The molecular weight excluding hydrogens is 292 g/mol. The van der Waals surface area contributed by atoms with E-state index in [1.807, 2.05) is 37.2 Å². The highest BCUT2D eigenvalue weighted by molar-refractivity contribution is 5.75. The maximum absolute atomic E-state index is 12.8. The molecule has 124 valence electrons. The first-order chi connectivity index (χ1) is 11.1. The van der Waals surface area contributed by atoms with E-state index in [0.717, 1.165) is 43.6 Å². The number of aromatic nitrogens is 2. The molecule has 2 aromatic rings. The maximum atomic E-state index is 12.8. The van der Waals surface area contributed by atoms with Crippen LogP contribution in [0.15, 0.2) is 35.2 Å². The third-order valence-electron chi connectivity index (χ3n) is 4.45. The van der Waals surface area contributed by atoms with Crippen molar-refractivity contribution in [1.82, 2.24) is 20.0 Å². The number of hydrogen-bond donors (Lipinski definition) is 1. The van der Waals surface area contributed by atoms with E-state index in [4.69, 9.17) is 4.42 Å². The molecule has 0 saturated carbocycles. The number of carbonyl (C=O) groups excluding carboxylic acids is 1. The molecule has 0 spiro atoms. The van der Waals surface area contributed by atoms with Crippen molar-refractivity contribution < 1.29 is 9.21 Å². The summed E-state index contributed by atoms with van der Waals surface area (Å²) in [7, 11) is 1.87. The number of nitrogens with one attached hydrogen (secondary N) is 1. The summed E-state index contributed by atoms with van der Waals surface area (Å²) in [5.41, 5.74) is 1.00. The number of amides is 2. The van der Waals surface area contributed by atoms with Gasteiger partial charge in [0.15, 0.2) is 0 Å². The molecule has 2 aromatic heterocycles. The third-order valence-corrected chi connectivity index (χ3v) is 4.45. The topological polar surface area (TPSA) is 63.3 Å². The lowest BCUT2D eigenvalue weighted by Crippen LogP contribution is -2.43. The average Bonchev–Trinajstić information content (AvgIpc) is 3.14. The summed E-state index contributed by atoms with van der Waals surface area (Å²) in [5, 5.41) is 7.26. The highest BCUT2D eigenvalue weighted by Gasteiger charge is 2.29. The predicted octanol–water partition coefficient (Wildman–Crippen LogP) is 3.40. The summed E-state index contributed by atoms with van der Waals surface area (Å²) in [6, 6.07) is 3.75. The second kappa shape index (κ2) is 6.89. The fourth-order valence-corrected chi connectivity index (χ4v) is 3.14. The molecular formula is C17H24N4O2. The van der Waals surface area contributed by atoms with E-state index in [-0.39, 0.29) is 18.1 Å². The summed E-state index contributed by atoms with van der Waals surface area (Å²) in [6.45, 7) is 2.74. The molecule has 1 N–H and O–H groups in total. The number of likely N-dealkylation sites (tertiary alicyclic amines) is 1. The molecule has 1 fully saturated rings. The van der Waals surface area contributed by atoms with E-state index in [1.54, 1.807) is 17.1 Å². The van der Waals surface area contributed by atoms with Crippen LogP contribution in [0.25, 0.3) is 0 Å². The Hall–Kier alpha value is -2.24. The molecule has 1 aliphatic rings. The first-order valence-corrected chi connectivity index (χ1v) is 8.24. The monoisotopic (exact) mass is 316 g/mol. The van der Waals surface area contributed by atoms with Gasteiger partial charge in [-0.2, -0.15) is 5.10 Å². The van der Waals surface area contributed by atoms with Gasteiger partial charge in [-0.1, -0.05) is 12.8 Å². The van der Waals surface area contributed by atoms with Gasteiger partial charge in [0.2, 0.25) is 0 Å². The number of rotatable bonds is 3. The van der Waals surface area contributed by atoms with E-state index in [9.17, 15) is 4.79 Å². The van der Waals surface area contributed by atoms with Gasteiger partial charge in [0, 0.05) is 25.4 Å². The Labute approximate surface area is 136 Å². The maximum Gasteiger partial charge on any atom is 0.318 e. The predicted molar refractivity (Wildman–Crippen MR) is 86.8 cm³/mol. The Morgan fingerprint density at radius 3 is 3.00 bits per heavy atom. The van der Waals surface area contributed by atoms with Gasteiger partial charge >= 0.3 is 6.03 Å². The first-order valence-electron chi connectivity index (χ1n) is 8.24. The molecule has 1 saturated heterocycles. The van der Waals surface area contributed by atoms with E-state index >= 15 is 0 Å². The summed E-state index contributed by atoms with van der Waals surface area (Å²) in [5.74, 6) is 0.871. The number of aryl methyl sites for hydroxylation is 1. The number of urea groups is 1. The first kappa shape index (κ1) is 15.6. The lowest BCUT2D eigenvalue weighted by atomic mass is 10.1. The minimum absolute atomic E-state index is 0.0219. The smallest absolute Gasteiger partial charge is 0.318 e. The Balaban J connectivity index is 1.72. The van der Waals surface area contributed by atoms with Crippen LogP contribution in [0.2, 0.25) is 0 Å². The molecule has 3 rings (SSSR count). The van der Waals surface area contributed by atoms with Crippen molar-refractivity contribution in [2.75, 3.05) is 6.54 Å². The highest BCUT2D eigenvalue weighted by Crippen LogP contribution is 2.30. The lowest BCUT2D eigenvalue weighted by Gasteiger charge is -2.30. The van der Waals surface area contributed by atoms with Crippen molar-refractivity contribution in [3.63, 3.8) is 0 Å². The normalized spacial score (nSPS) is 20.1. The fourth-order valence-electron chi connectivity index (χ4n) is 3.14. The van der Waals surface area contributed by atoms with Crippen LogP contribution in [-0.2, 0) is 7.05 Å². The zero-order valence-corrected chi connectivity index (χ0v) is 13.7. The Bertz CT molecular complexity index is 635. The van der Waals surface area contributed by atoms with Gasteiger partial charge in [-0.25, -0.2) is 4.79 Å². The molecule has 0 bridgehead atoms. The van der Waals surface area contributed by atoms with Gasteiger partial charge in [0.05, 0.1) is 24.5 Å². The minimum Gasteiger partial charge on any atom is -0.467 e. The molecule has 2 amide bonds. The Morgan fingerprint density at radius 2 is 2.30 bits per heavy atom. The van der Waals surface area contributed by atoms with Crippen molar-refractivity contribution >= 4 is 6.03 Å². The van der Waals surface area contributed by atoms with Crippen molar-refractivity contribution in [2.45, 2.75) is 44.7 Å². The Kier molecular flexibility index (Phi) is 4.69. The lowest BCUT2D eigenvalue weighted by molar-refractivity contribution is 0.163. The van der Waals surface area contributed by atoms with E-state index in [1.165, 1.54) is 0 Å². The van der Waals surface area contributed by atoms with Gasteiger partial charge in [-0.3, -0.25) is 4.68 Å². The summed E-state index contributed by atoms with van der Waals surface area (Å²) in [6.07, 6.45) is 9.64. The molecule has 0 aromatic carbocycles. The largest absolute Gasteiger partial charge is 0.467 e. The molecule has 2 atom stereocenters. The van der Waals surface area contributed by atoms with Crippen LogP contribution in [0.1, 0.15) is 56.0 Å². The molecule has 0 unspecified atom stereocenters. The van der Waals surface area contributed by atoms with Gasteiger partial charge in [0.1, 0.15) is 5.76 Å². The number of hydrogen-bond acceptors (Lipinski definition) is 3. The van der Waals surface area contributed by atoms with Gasteiger partial charge < -0.3 is 14.6 Å². The molecule has 6 nitrogen and oxygen atoms in total.